The van der Waals surface area contributed by atoms with Gasteiger partial charge in [0.1, 0.15) is 15.7 Å². The zero-order chi connectivity index (χ0) is 16.2. The molecule has 0 atom stereocenters. The summed E-state index contributed by atoms with van der Waals surface area (Å²) in [5.41, 5.74) is 0.721. The quantitative estimate of drug-likeness (QED) is 0.714. The molecule has 0 fully saturated rings. The molecular weight excluding hydrogens is 392 g/mol. The number of benzene rings is 1. The van der Waals surface area contributed by atoms with Gasteiger partial charge in [-0.15, -0.1) is 0 Å². The van der Waals surface area contributed by atoms with E-state index in [0.717, 1.165) is 15.4 Å². The minimum Gasteiger partial charge on any atom is -0.379 e. The SMILES string of the molecule is CS(=O)(=O)CCOCCNc1ccc2c(Br)ccc(Cl)c2n1. The number of sulfone groups is 1. The van der Waals surface area contributed by atoms with Crippen LogP contribution in [0.5, 0.6) is 0 Å². The van der Waals surface area contributed by atoms with Crippen LogP contribution < -0.4 is 5.32 Å². The zero-order valence-electron chi connectivity index (χ0n) is 12.0. The van der Waals surface area contributed by atoms with Crippen molar-refractivity contribution in [2.75, 3.05) is 37.1 Å². The van der Waals surface area contributed by atoms with Crippen LogP contribution in [0.25, 0.3) is 10.9 Å². The molecular formula is C14H16BrClN2O3S. The van der Waals surface area contributed by atoms with Crippen molar-refractivity contribution in [2.45, 2.75) is 0 Å². The van der Waals surface area contributed by atoms with E-state index in [9.17, 15) is 8.42 Å². The molecule has 5 nitrogen and oxygen atoms in total. The van der Waals surface area contributed by atoms with E-state index in [1.165, 1.54) is 6.26 Å². The van der Waals surface area contributed by atoms with Crippen molar-refractivity contribution in [3.8, 4) is 0 Å². The van der Waals surface area contributed by atoms with Gasteiger partial charge in [0.15, 0.2) is 0 Å². The molecule has 0 saturated heterocycles. The first-order valence-electron chi connectivity index (χ1n) is 6.61. The van der Waals surface area contributed by atoms with Crippen molar-refractivity contribution in [2.24, 2.45) is 0 Å². The third kappa shape index (κ3) is 5.08. The summed E-state index contributed by atoms with van der Waals surface area (Å²) in [7, 11) is -2.97. The summed E-state index contributed by atoms with van der Waals surface area (Å²) in [6, 6.07) is 7.47. The van der Waals surface area contributed by atoms with Gasteiger partial charge in [0.05, 0.1) is 29.5 Å². The van der Waals surface area contributed by atoms with Crippen LogP contribution >= 0.6 is 27.5 Å². The van der Waals surface area contributed by atoms with E-state index < -0.39 is 9.84 Å². The second-order valence-corrected chi connectivity index (χ2v) is 8.31. The summed E-state index contributed by atoms with van der Waals surface area (Å²) >= 11 is 9.62. The minimum absolute atomic E-state index is 0.0326. The Kier molecular flexibility index (Phi) is 6.02. The van der Waals surface area contributed by atoms with Crippen LogP contribution in [0.15, 0.2) is 28.7 Å². The largest absolute Gasteiger partial charge is 0.379 e. The fraction of sp³-hybridized carbons (Fsp3) is 0.357. The van der Waals surface area contributed by atoms with Gasteiger partial charge in [0, 0.05) is 22.7 Å². The first-order valence-corrected chi connectivity index (χ1v) is 9.84. The first-order chi connectivity index (χ1) is 10.4. The molecule has 8 heteroatoms. The average Bonchev–Trinajstić information content (AvgIpc) is 2.45. The molecule has 1 aromatic heterocycles. The van der Waals surface area contributed by atoms with Crippen molar-refractivity contribution in [1.29, 1.82) is 0 Å². The van der Waals surface area contributed by atoms with Gasteiger partial charge in [-0.3, -0.25) is 0 Å². The smallest absolute Gasteiger partial charge is 0.149 e. The molecule has 0 aliphatic heterocycles. The van der Waals surface area contributed by atoms with Crippen LogP contribution in [0.1, 0.15) is 0 Å². The van der Waals surface area contributed by atoms with Crippen LogP contribution in [-0.2, 0) is 14.6 Å². The Morgan fingerprint density at radius 2 is 2.05 bits per heavy atom. The monoisotopic (exact) mass is 406 g/mol. The normalized spacial score (nSPS) is 11.8. The maximum absolute atomic E-state index is 10.9. The lowest BCUT2D eigenvalue weighted by Gasteiger charge is -2.09. The molecule has 0 radical (unpaired) electrons. The van der Waals surface area contributed by atoms with Gasteiger partial charge in [-0.2, -0.15) is 0 Å². The molecule has 1 heterocycles. The van der Waals surface area contributed by atoms with E-state index >= 15 is 0 Å². The van der Waals surface area contributed by atoms with Gasteiger partial charge in [0.2, 0.25) is 0 Å². The minimum atomic E-state index is -2.97. The lowest BCUT2D eigenvalue weighted by Crippen LogP contribution is -2.15. The van der Waals surface area contributed by atoms with E-state index in [0.29, 0.717) is 24.0 Å². The number of nitrogens with one attached hydrogen (secondary N) is 1. The summed E-state index contributed by atoms with van der Waals surface area (Å²) in [6.07, 6.45) is 1.19. The Labute approximate surface area is 143 Å². The molecule has 0 spiro atoms. The van der Waals surface area contributed by atoms with Crippen LogP contribution in [-0.4, -0.2) is 45.2 Å². The highest BCUT2D eigenvalue weighted by Gasteiger charge is 2.06. The van der Waals surface area contributed by atoms with Crippen molar-refractivity contribution < 1.29 is 13.2 Å². The molecule has 0 aliphatic carbocycles. The van der Waals surface area contributed by atoms with Gasteiger partial charge < -0.3 is 10.1 Å². The van der Waals surface area contributed by atoms with E-state index in [-0.39, 0.29) is 12.4 Å². The van der Waals surface area contributed by atoms with E-state index in [4.69, 9.17) is 16.3 Å². The Balaban J connectivity index is 1.89. The third-order valence-electron chi connectivity index (χ3n) is 2.91. The van der Waals surface area contributed by atoms with E-state index in [2.05, 4.69) is 26.2 Å². The maximum atomic E-state index is 10.9. The van der Waals surface area contributed by atoms with Crippen LogP contribution in [0, 0.1) is 0 Å². The number of hydrogen-bond acceptors (Lipinski definition) is 5. The number of fused-ring (bicyclic) bond motifs is 1. The predicted octanol–water partition coefficient (Wildman–Crippen LogP) is 3.12. The summed E-state index contributed by atoms with van der Waals surface area (Å²) in [5.74, 6) is 0.726. The molecule has 120 valence electrons. The van der Waals surface area contributed by atoms with Gasteiger partial charge in [-0.25, -0.2) is 13.4 Å². The standard InChI is InChI=1S/C14H16BrClN2O3S/c1-22(19,20)9-8-21-7-6-17-13-5-2-10-11(15)3-4-12(16)14(10)18-13/h2-5H,6-9H2,1H3,(H,17,18). The fourth-order valence-electron chi connectivity index (χ4n) is 1.81. The number of anilines is 1. The van der Waals surface area contributed by atoms with Crippen molar-refractivity contribution in [3.05, 3.63) is 33.8 Å². The van der Waals surface area contributed by atoms with Crippen molar-refractivity contribution in [3.63, 3.8) is 0 Å². The zero-order valence-corrected chi connectivity index (χ0v) is 15.1. The maximum Gasteiger partial charge on any atom is 0.149 e. The summed E-state index contributed by atoms with van der Waals surface area (Å²) in [5, 5.41) is 4.66. The Hall–Kier alpha value is -0.890. The molecule has 2 aromatic rings. The fourth-order valence-corrected chi connectivity index (χ4v) is 2.89. The highest BCUT2D eigenvalue weighted by molar-refractivity contribution is 9.10. The molecule has 1 N–H and O–H groups in total. The van der Waals surface area contributed by atoms with Crippen LogP contribution in [0.2, 0.25) is 5.02 Å². The average molecular weight is 408 g/mol. The number of pyridine rings is 1. The lowest BCUT2D eigenvalue weighted by atomic mass is 10.2. The van der Waals surface area contributed by atoms with Gasteiger partial charge in [-0.1, -0.05) is 27.5 Å². The molecule has 22 heavy (non-hydrogen) atoms. The molecule has 0 bridgehead atoms. The number of hydrogen-bond donors (Lipinski definition) is 1. The highest BCUT2D eigenvalue weighted by Crippen LogP contribution is 2.29. The number of rotatable bonds is 7. The Morgan fingerprint density at radius 3 is 2.77 bits per heavy atom. The Morgan fingerprint density at radius 1 is 1.27 bits per heavy atom. The van der Waals surface area contributed by atoms with Gasteiger partial charge >= 0.3 is 0 Å². The van der Waals surface area contributed by atoms with Crippen molar-refractivity contribution >= 4 is 54.1 Å². The highest BCUT2D eigenvalue weighted by atomic mass is 79.9. The molecule has 0 aliphatic rings. The molecule has 2 rings (SSSR count). The number of ether oxygens (including phenoxy) is 1. The van der Waals surface area contributed by atoms with Crippen LogP contribution in [0.3, 0.4) is 0 Å². The topological polar surface area (TPSA) is 68.3 Å². The molecule has 0 unspecified atom stereocenters. The van der Waals surface area contributed by atoms with Crippen molar-refractivity contribution in [1.82, 2.24) is 4.98 Å². The molecule has 0 saturated carbocycles. The van der Waals surface area contributed by atoms with Gasteiger partial charge in [-0.05, 0) is 24.3 Å². The van der Waals surface area contributed by atoms with E-state index in [1.54, 1.807) is 6.07 Å². The molecule has 0 amide bonds. The number of aromatic nitrogens is 1. The second kappa shape index (κ2) is 7.59. The number of nitrogens with zero attached hydrogens (tertiary/aromatic N) is 1. The summed E-state index contributed by atoms with van der Waals surface area (Å²) in [6.45, 7) is 1.14. The van der Waals surface area contributed by atoms with E-state index in [1.807, 2.05) is 18.2 Å². The number of halogens is 2. The second-order valence-electron chi connectivity index (χ2n) is 4.79. The van der Waals surface area contributed by atoms with Crippen LogP contribution in [0.4, 0.5) is 5.82 Å². The summed E-state index contributed by atoms with van der Waals surface area (Å²) in [4.78, 5) is 4.47. The Bertz CT molecular complexity index is 768. The molecule has 1 aromatic carbocycles. The first kappa shape index (κ1) is 17.5. The summed E-state index contributed by atoms with van der Waals surface area (Å²) < 4.78 is 28.1. The van der Waals surface area contributed by atoms with Gasteiger partial charge in [0.25, 0.3) is 0 Å². The third-order valence-corrected chi connectivity index (χ3v) is 4.81. The predicted molar refractivity (Wildman–Crippen MR) is 93.5 cm³/mol. The lowest BCUT2D eigenvalue weighted by molar-refractivity contribution is 0.159.